The highest BCUT2D eigenvalue weighted by Gasteiger charge is 2.22. The molecule has 0 aliphatic carbocycles. The van der Waals surface area contributed by atoms with Gasteiger partial charge in [-0.25, -0.2) is 4.79 Å². The lowest BCUT2D eigenvalue weighted by molar-refractivity contribution is -0.114. The van der Waals surface area contributed by atoms with Crippen LogP contribution in [0.5, 0.6) is 0 Å². The van der Waals surface area contributed by atoms with Gasteiger partial charge in [0.2, 0.25) is 5.24 Å². The maximum Gasteiger partial charge on any atom is 0.408 e. The van der Waals surface area contributed by atoms with E-state index in [0.29, 0.717) is 13.0 Å². The third-order valence-corrected chi connectivity index (χ3v) is 1.84. The summed E-state index contributed by atoms with van der Waals surface area (Å²) in [5, 5.41) is 1.75. The molecule has 94 valence electrons. The van der Waals surface area contributed by atoms with E-state index in [-0.39, 0.29) is 0 Å². The number of nitrogens with one attached hydrogen (secondary N) is 1. The summed E-state index contributed by atoms with van der Waals surface area (Å²) >= 11 is 5.33. The largest absolute Gasteiger partial charge is 0.444 e. The van der Waals surface area contributed by atoms with Crippen LogP contribution in [0.15, 0.2) is 0 Å². The molecule has 0 saturated carbocycles. The van der Waals surface area contributed by atoms with Gasteiger partial charge in [0.1, 0.15) is 11.6 Å². The van der Waals surface area contributed by atoms with Gasteiger partial charge in [-0.3, -0.25) is 4.79 Å². The molecular formula is C10H18ClNO4. The predicted octanol–water partition coefficient (Wildman–Crippen LogP) is 1.68. The lowest BCUT2D eigenvalue weighted by Gasteiger charge is -2.22. The molecule has 1 N–H and O–H groups in total. The fourth-order valence-electron chi connectivity index (χ4n) is 0.928. The zero-order valence-corrected chi connectivity index (χ0v) is 10.8. The van der Waals surface area contributed by atoms with E-state index in [2.05, 4.69) is 5.32 Å². The summed E-state index contributed by atoms with van der Waals surface area (Å²) in [5.74, 6) is 0. The van der Waals surface area contributed by atoms with Crippen molar-refractivity contribution in [3.63, 3.8) is 0 Å². The fraction of sp³-hybridized carbons (Fsp3) is 0.800. The first-order chi connectivity index (χ1) is 7.26. The molecule has 0 rings (SSSR count). The van der Waals surface area contributed by atoms with Crippen LogP contribution < -0.4 is 5.32 Å². The zero-order valence-electron chi connectivity index (χ0n) is 10.0. The molecule has 0 fully saturated rings. The molecular weight excluding hydrogens is 234 g/mol. The molecule has 0 spiro atoms. The first kappa shape index (κ1) is 15.2. The van der Waals surface area contributed by atoms with Crippen molar-refractivity contribution in [1.82, 2.24) is 5.32 Å². The number of carbonyl (C=O) groups excluding carboxylic acids is 2. The van der Waals surface area contributed by atoms with Gasteiger partial charge in [-0.15, -0.1) is 0 Å². The van der Waals surface area contributed by atoms with E-state index in [1.807, 2.05) is 0 Å². The highest BCUT2D eigenvalue weighted by atomic mass is 35.5. The molecule has 0 radical (unpaired) electrons. The van der Waals surface area contributed by atoms with Gasteiger partial charge in [-0.05, 0) is 38.8 Å². The smallest absolute Gasteiger partial charge is 0.408 e. The van der Waals surface area contributed by atoms with E-state index in [9.17, 15) is 9.59 Å². The maximum absolute atomic E-state index is 11.4. The molecule has 0 aromatic carbocycles. The van der Waals surface area contributed by atoms with Crippen molar-refractivity contribution in [3.05, 3.63) is 0 Å². The molecule has 0 aliphatic rings. The summed E-state index contributed by atoms with van der Waals surface area (Å²) in [7, 11) is 1.50. The van der Waals surface area contributed by atoms with E-state index < -0.39 is 23.0 Å². The van der Waals surface area contributed by atoms with Crippen molar-refractivity contribution in [2.45, 2.75) is 38.8 Å². The second kappa shape index (κ2) is 6.70. The van der Waals surface area contributed by atoms with Crippen molar-refractivity contribution in [3.8, 4) is 0 Å². The molecule has 0 saturated heterocycles. The number of alkyl carbamates (subject to hydrolysis) is 1. The normalized spacial score (nSPS) is 13.1. The van der Waals surface area contributed by atoms with Crippen molar-refractivity contribution in [1.29, 1.82) is 0 Å². The van der Waals surface area contributed by atoms with Crippen LogP contribution in [0.3, 0.4) is 0 Å². The Morgan fingerprint density at radius 3 is 2.31 bits per heavy atom. The Morgan fingerprint density at radius 1 is 1.38 bits per heavy atom. The molecule has 0 unspecified atom stereocenters. The van der Waals surface area contributed by atoms with Crippen molar-refractivity contribution in [2.75, 3.05) is 13.7 Å². The fourth-order valence-corrected chi connectivity index (χ4v) is 1.09. The summed E-state index contributed by atoms with van der Waals surface area (Å²) in [6, 6.07) is -0.781. The quantitative estimate of drug-likeness (QED) is 0.755. The second-order valence-electron chi connectivity index (χ2n) is 4.28. The standard InChI is InChI=1S/C10H18ClNO4/c1-10(2,3)16-9(14)12-7(8(11)13)5-6-15-4/h7H,5-6H2,1-4H3,(H,12,14)/t7-/m0/s1. The molecule has 6 heteroatoms. The Morgan fingerprint density at radius 2 is 1.94 bits per heavy atom. The third kappa shape index (κ3) is 7.48. The number of carbonyl (C=O) groups is 2. The Kier molecular flexibility index (Phi) is 6.36. The highest BCUT2D eigenvalue weighted by Crippen LogP contribution is 2.07. The average molecular weight is 252 g/mol. The molecule has 5 nitrogen and oxygen atoms in total. The Hall–Kier alpha value is -0.810. The van der Waals surface area contributed by atoms with Gasteiger partial charge in [0.15, 0.2) is 0 Å². The molecule has 0 aliphatic heterocycles. The number of methoxy groups -OCH3 is 1. The summed E-state index contributed by atoms with van der Waals surface area (Å²) < 4.78 is 9.80. The van der Waals surface area contributed by atoms with Crippen LogP contribution in [0.25, 0.3) is 0 Å². The topological polar surface area (TPSA) is 64.6 Å². The lowest BCUT2D eigenvalue weighted by atomic mass is 10.2. The number of hydrogen-bond donors (Lipinski definition) is 1. The summed E-state index contributed by atoms with van der Waals surface area (Å²) in [5.41, 5.74) is -0.606. The predicted molar refractivity (Wildman–Crippen MR) is 60.5 cm³/mol. The minimum absolute atomic E-state index is 0.318. The minimum Gasteiger partial charge on any atom is -0.444 e. The zero-order chi connectivity index (χ0) is 12.8. The Bertz CT molecular complexity index is 250. The van der Waals surface area contributed by atoms with Crippen LogP contribution in [0.2, 0.25) is 0 Å². The number of rotatable bonds is 5. The second-order valence-corrected chi connectivity index (χ2v) is 4.66. The van der Waals surface area contributed by atoms with Gasteiger partial charge in [-0.2, -0.15) is 0 Å². The molecule has 0 bridgehead atoms. The number of halogens is 1. The third-order valence-electron chi connectivity index (χ3n) is 1.58. The van der Waals surface area contributed by atoms with Crippen LogP contribution in [-0.2, 0) is 14.3 Å². The Labute approximate surface area is 100 Å². The van der Waals surface area contributed by atoms with Gasteiger partial charge in [0, 0.05) is 13.7 Å². The first-order valence-corrected chi connectivity index (χ1v) is 5.32. The molecule has 0 aromatic heterocycles. The summed E-state index contributed by atoms with van der Waals surface area (Å²) in [6.45, 7) is 5.54. The highest BCUT2D eigenvalue weighted by molar-refractivity contribution is 6.64. The van der Waals surface area contributed by atoms with Gasteiger partial charge < -0.3 is 14.8 Å². The van der Waals surface area contributed by atoms with E-state index in [1.165, 1.54) is 7.11 Å². The molecule has 0 aromatic rings. The van der Waals surface area contributed by atoms with Crippen LogP contribution in [0.1, 0.15) is 27.2 Å². The van der Waals surface area contributed by atoms with Crippen LogP contribution in [0, 0.1) is 0 Å². The van der Waals surface area contributed by atoms with Gasteiger partial charge >= 0.3 is 6.09 Å². The van der Waals surface area contributed by atoms with Crippen molar-refractivity contribution >= 4 is 22.9 Å². The maximum atomic E-state index is 11.4. The minimum atomic E-state index is -0.781. The van der Waals surface area contributed by atoms with Gasteiger partial charge in [0.25, 0.3) is 0 Å². The molecule has 16 heavy (non-hydrogen) atoms. The summed E-state index contributed by atoms with van der Waals surface area (Å²) in [4.78, 5) is 22.3. The average Bonchev–Trinajstić information content (AvgIpc) is 2.08. The first-order valence-electron chi connectivity index (χ1n) is 4.94. The van der Waals surface area contributed by atoms with E-state index in [4.69, 9.17) is 21.1 Å². The van der Waals surface area contributed by atoms with Crippen molar-refractivity contribution < 1.29 is 19.1 Å². The van der Waals surface area contributed by atoms with Crippen LogP contribution >= 0.6 is 11.6 Å². The summed E-state index contributed by atoms with van der Waals surface area (Å²) in [6.07, 6.45) is -0.347. The lowest BCUT2D eigenvalue weighted by Crippen LogP contribution is -2.42. The van der Waals surface area contributed by atoms with Gasteiger partial charge in [0.05, 0.1) is 0 Å². The molecule has 1 amide bonds. The number of ether oxygens (including phenoxy) is 2. The SMILES string of the molecule is COCC[C@H](NC(=O)OC(C)(C)C)C(=O)Cl. The van der Waals surface area contributed by atoms with Crippen molar-refractivity contribution in [2.24, 2.45) is 0 Å². The van der Waals surface area contributed by atoms with Gasteiger partial charge in [-0.1, -0.05) is 0 Å². The van der Waals surface area contributed by atoms with E-state index in [1.54, 1.807) is 20.8 Å². The number of hydrogen-bond acceptors (Lipinski definition) is 4. The number of amides is 1. The van der Waals surface area contributed by atoms with Crippen LogP contribution in [-0.4, -0.2) is 36.7 Å². The monoisotopic (exact) mass is 251 g/mol. The molecule has 0 heterocycles. The van der Waals surface area contributed by atoms with E-state index in [0.717, 1.165) is 0 Å². The molecule has 1 atom stereocenters. The van der Waals surface area contributed by atoms with E-state index >= 15 is 0 Å². The van der Waals surface area contributed by atoms with Crippen LogP contribution in [0.4, 0.5) is 4.79 Å². The Balaban J connectivity index is 4.19.